The average molecular weight is 419 g/mol. The second kappa shape index (κ2) is 7.83. The number of likely N-dealkylation sites (tertiary alicyclic amines) is 1. The van der Waals surface area contributed by atoms with Crippen molar-refractivity contribution in [1.29, 1.82) is 0 Å². The Hall–Kier alpha value is -2.74. The number of hydrogen-bond donors (Lipinski definition) is 0. The topological polar surface area (TPSA) is 35.9 Å². The lowest BCUT2D eigenvalue weighted by atomic mass is 9.96. The van der Waals surface area contributed by atoms with Crippen molar-refractivity contribution in [2.75, 3.05) is 31.6 Å². The molecule has 0 radical (unpaired) electrons. The molecule has 1 amide bonds. The summed E-state index contributed by atoms with van der Waals surface area (Å²) >= 11 is 0. The average Bonchev–Trinajstić information content (AvgIpc) is 2.84. The summed E-state index contributed by atoms with van der Waals surface area (Å²) in [5.74, 6) is -0.918. The molecule has 2 aliphatic rings. The number of benzene rings is 2. The number of halogens is 4. The van der Waals surface area contributed by atoms with Gasteiger partial charge >= 0.3 is 6.18 Å². The van der Waals surface area contributed by atoms with Crippen LogP contribution in [0.4, 0.5) is 23.2 Å². The first kappa shape index (κ1) is 20.5. The summed E-state index contributed by atoms with van der Waals surface area (Å²) in [5.41, 5.74) is -0.0133. The Labute approximate surface area is 171 Å². The third-order valence-electron chi connectivity index (χ3n) is 5.66. The third kappa shape index (κ3) is 3.84. The summed E-state index contributed by atoms with van der Waals surface area (Å²) in [6, 6.07) is 8.96. The lowest BCUT2D eigenvalue weighted by Gasteiger charge is -2.37. The molecular formula is C22H21F4N3O. The van der Waals surface area contributed by atoms with Gasteiger partial charge < -0.3 is 9.80 Å². The molecule has 4 rings (SSSR count). The van der Waals surface area contributed by atoms with Crippen LogP contribution in [-0.2, 0) is 11.0 Å². The second-order valence-electron chi connectivity index (χ2n) is 7.67. The fourth-order valence-electron chi connectivity index (χ4n) is 4.09. The number of benzodiazepines with no additional fused rings is 1. The molecule has 0 spiro atoms. The van der Waals surface area contributed by atoms with Gasteiger partial charge in [0.25, 0.3) is 0 Å². The maximum atomic E-state index is 14.5. The number of carbonyl (C=O) groups excluding carboxylic acids is 1. The number of nitrogens with zero attached hydrogens (tertiary/aromatic N) is 3. The van der Waals surface area contributed by atoms with E-state index >= 15 is 0 Å². The summed E-state index contributed by atoms with van der Waals surface area (Å²) in [7, 11) is 1.97. The quantitative estimate of drug-likeness (QED) is 0.687. The predicted octanol–water partition coefficient (Wildman–Crippen LogP) is 4.12. The highest BCUT2D eigenvalue weighted by Gasteiger charge is 2.36. The Kier molecular flexibility index (Phi) is 5.36. The molecule has 1 saturated heterocycles. The van der Waals surface area contributed by atoms with Gasteiger partial charge in [0.15, 0.2) is 0 Å². The zero-order valence-electron chi connectivity index (χ0n) is 16.4. The van der Waals surface area contributed by atoms with Crippen LogP contribution in [0, 0.1) is 5.82 Å². The van der Waals surface area contributed by atoms with E-state index in [-0.39, 0.29) is 35.5 Å². The normalized spacial score (nSPS) is 18.8. The van der Waals surface area contributed by atoms with Gasteiger partial charge in [0.05, 0.1) is 17.0 Å². The molecule has 2 aromatic rings. The standard InChI is InChI=1S/C22H21F4N3O/c1-28-10-8-15(9-11-28)29-19-12-14(22(24,25)26)6-7-17(19)21(27-13-20(29)30)16-4-2-3-5-18(16)23/h2-7,12,15H,8-11,13H2,1H3. The summed E-state index contributed by atoms with van der Waals surface area (Å²) in [5, 5.41) is 0. The minimum atomic E-state index is -4.56. The fourth-order valence-corrected chi connectivity index (χ4v) is 4.09. The van der Waals surface area contributed by atoms with Crippen molar-refractivity contribution in [1.82, 2.24) is 4.90 Å². The van der Waals surface area contributed by atoms with Crippen molar-refractivity contribution in [2.24, 2.45) is 4.99 Å². The van der Waals surface area contributed by atoms with Gasteiger partial charge in [0.2, 0.25) is 5.91 Å². The molecule has 0 unspecified atom stereocenters. The van der Waals surface area contributed by atoms with Crippen LogP contribution in [0.25, 0.3) is 0 Å². The summed E-state index contributed by atoms with van der Waals surface area (Å²) < 4.78 is 54.9. The maximum Gasteiger partial charge on any atom is 0.416 e. The van der Waals surface area contributed by atoms with Crippen LogP contribution in [0.3, 0.4) is 0 Å². The van der Waals surface area contributed by atoms with E-state index in [9.17, 15) is 22.4 Å². The van der Waals surface area contributed by atoms with Gasteiger partial charge in [-0.25, -0.2) is 4.39 Å². The zero-order valence-corrected chi connectivity index (χ0v) is 16.4. The van der Waals surface area contributed by atoms with E-state index in [0.29, 0.717) is 18.4 Å². The number of carbonyl (C=O) groups is 1. The van der Waals surface area contributed by atoms with Gasteiger partial charge in [-0.1, -0.05) is 18.2 Å². The number of alkyl halides is 3. The highest BCUT2D eigenvalue weighted by Crippen LogP contribution is 2.37. The van der Waals surface area contributed by atoms with E-state index in [1.165, 1.54) is 29.2 Å². The molecule has 0 atom stereocenters. The maximum absolute atomic E-state index is 14.5. The van der Waals surface area contributed by atoms with Crippen LogP contribution in [-0.4, -0.2) is 49.2 Å². The van der Waals surface area contributed by atoms with E-state index in [4.69, 9.17) is 0 Å². The van der Waals surface area contributed by atoms with Crippen molar-refractivity contribution in [2.45, 2.75) is 25.1 Å². The highest BCUT2D eigenvalue weighted by molar-refractivity contribution is 6.19. The molecule has 4 nitrogen and oxygen atoms in total. The predicted molar refractivity (Wildman–Crippen MR) is 106 cm³/mol. The van der Waals surface area contributed by atoms with Gasteiger partial charge in [-0.2, -0.15) is 13.2 Å². The van der Waals surface area contributed by atoms with Crippen LogP contribution in [0.1, 0.15) is 29.5 Å². The summed E-state index contributed by atoms with van der Waals surface area (Å²) in [6.07, 6.45) is -3.27. The molecular weight excluding hydrogens is 398 g/mol. The Bertz CT molecular complexity index is 994. The fraction of sp³-hybridized carbons (Fsp3) is 0.364. The van der Waals surface area contributed by atoms with E-state index < -0.39 is 17.6 Å². The number of fused-ring (bicyclic) bond motifs is 1. The van der Waals surface area contributed by atoms with E-state index in [2.05, 4.69) is 9.89 Å². The molecule has 0 N–H and O–H groups in total. The third-order valence-corrected chi connectivity index (χ3v) is 5.66. The van der Waals surface area contributed by atoms with Gasteiger partial charge in [0, 0.05) is 17.2 Å². The molecule has 0 saturated carbocycles. The lowest BCUT2D eigenvalue weighted by Crippen LogP contribution is -2.47. The van der Waals surface area contributed by atoms with Crippen molar-refractivity contribution >= 4 is 17.3 Å². The molecule has 2 aliphatic heterocycles. The monoisotopic (exact) mass is 419 g/mol. The van der Waals surface area contributed by atoms with E-state index in [0.717, 1.165) is 25.2 Å². The number of anilines is 1. The minimum Gasteiger partial charge on any atom is -0.307 e. The van der Waals surface area contributed by atoms with Gasteiger partial charge in [0.1, 0.15) is 12.4 Å². The Balaban J connectivity index is 1.88. The number of aliphatic imine (C=N–C) groups is 1. The molecule has 8 heteroatoms. The largest absolute Gasteiger partial charge is 0.416 e. The molecule has 0 aliphatic carbocycles. The van der Waals surface area contributed by atoms with E-state index in [1.54, 1.807) is 6.07 Å². The molecule has 0 aromatic heterocycles. The smallest absolute Gasteiger partial charge is 0.307 e. The molecule has 1 fully saturated rings. The summed E-state index contributed by atoms with van der Waals surface area (Å²) in [6.45, 7) is 1.24. The molecule has 2 aromatic carbocycles. The molecule has 158 valence electrons. The van der Waals surface area contributed by atoms with Crippen molar-refractivity contribution in [3.8, 4) is 0 Å². The molecule has 30 heavy (non-hydrogen) atoms. The highest BCUT2D eigenvalue weighted by atomic mass is 19.4. The molecule has 0 bridgehead atoms. The van der Waals surface area contributed by atoms with Crippen LogP contribution in [0.15, 0.2) is 47.5 Å². The first-order valence-electron chi connectivity index (χ1n) is 9.77. The van der Waals surface area contributed by atoms with Gasteiger partial charge in [-0.15, -0.1) is 0 Å². The number of amides is 1. The number of piperidine rings is 1. The van der Waals surface area contributed by atoms with Crippen LogP contribution >= 0.6 is 0 Å². The lowest BCUT2D eigenvalue weighted by molar-refractivity contribution is -0.137. The number of hydrogen-bond acceptors (Lipinski definition) is 3. The van der Waals surface area contributed by atoms with Crippen molar-refractivity contribution in [3.05, 3.63) is 65.0 Å². The SMILES string of the molecule is CN1CCC(N2C(=O)CN=C(c3ccccc3F)c3ccc(C(F)(F)F)cc32)CC1. The van der Waals surface area contributed by atoms with Gasteiger partial charge in [-0.05, 0) is 57.2 Å². The first-order chi connectivity index (χ1) is 14.3. The van der Waals surface area contributed by atoms with E-state index in [1.807, 2.05) is 7.05 Å². The molecule has 2 heterocycles. The number of rotatable bonds is 2. The summed E-state index contributed by atoms with van der Waals surface area (Å²) in [4.78, 5) is 20.9. The Morgan fingerprint density at radius 1 is 1.03 bits per heavy atom. The minimum absolute atomic E-state index is 0.142. The van der Waals surface area contributed by atoms with Crippen LogP contribution < -0.4 is 4.90 Å². The first-order valence-corrected chi connectivity index (χ1v) is 9.77. The Morgan fingerprint density at radius 2 is 1.73 bits per heavy atom. The van der Waals surface area contributed by atoms with Crippen molar-refractivity contribution in [3.63, 3.8) is 0 Å². The second-order valence-corrected chi connectivity index (χ2v) is 7.67. The van der Waals surface area contributed by atoms with Crippen LogP contribution in [0.5, 0.6) is 0 Å². The van der Waals surface area contributed by atoms with Gasteiger partial charge in [-0.3, -0.25) is 9.79 Å². The Morgan fingerprint density at radius 3 is 2.40 bits per heavy atom. The zero-order chi connectivity index (χ0) is 21.5. The van der Waals surface area contributed by atoms with Crippen LogP contribution in [0.2, 0.25) is 0 Å². The van der Waals surface area contributed by atoms with Crippen molar-refractivity contribution < 1.29 is 22.4 Å².